The van der Waals surface area contributed by atoms with Crippen molar-refractivity contribution in [1.29, 1.82) is 0 Å². The summed E-state index contributed by atoms with van der Waals surface area (Å²) < 4.78 is 7.02. The molecule has 4 aromatic rings. The molecule has 1 aromatic carbocycles. The fourth-order valence-corrected chi connectivity index (χ4v) is 3.32. The number of hydrogen-bond donors (Lipinski definition) is 2. The number of aromatic nitrogens is 4. The van der Waals surface area contributed by atoms with Crippen molar-refractivity contribution in [2.75, 3.05) is 11.9 Å². The highest BCUT2D eigenvalue weighted by Crippen LogP contribution is 2.21. The minimum atomic E-state index is -0.279. The Labute approximate surface area is 175 Å². The monoisotopic (exact) mass is 430 g/mol. The zero-order valence-electron chi connectivity index (χ0n) is 15.1. The van der Waals surface area contributed by atoms with Gasteiger partial charge in [-0.05, 0) is 30.3 Å². The Bertz CT molecular complexity index is 1140. The van der Waals surface area contributed by atoms with Gasteiger partial charge in [-0.1, -0.05) is 23.2 Å². The SMILES string of the molecule is O=C(NCCn1ncc2c(NCc3ccco3)ncnc21)c1ccc(Cl)cc1Cl. The molecule has 0 spiro atoms. The molecule has 29 heavy (non-hydrogen) atoms. The molecule has 2 N–H and O–H groups in total. The van der Waals surface area contributed by atoms with Crippen molar-refractivity contribution in [3.05, 3.63) is 70.5 Å². The van der Waals surface area contributed by atoms with E-state index >= 15 is 0 Å². The Morgan fingerprint density at radius 2 is 2.10 bits per heavy atom. The van der Waals surface area contributed by atoms with Gasteiger partial charge >= 0.3 is 0 Å². The first-order chi connectivity index (χ1) is 14.1. The first kappa shape index (κ1) is 19.2. The Morgan fingerprint density at radius 1 is 1.21 bits per heavy atom. The first-order valence-corrected chi connectivity index (χ1v) is 9.53. The smallest absolute Gasteiger partial charge is 0.252 e. The average molecular weight is 431 g/mol. The third-order valence-electron chi connectivity index (χ3n) is 4.23. The molecular weight excluding hydrogens is 415 g/mol. The summed E-state index contributed by atoms with van der Waals surface area (Å²) in [5.74, 6) is 1.18. The summed E-state index contributed by atoms with van der Waals surface area (Å²) in [6.45, 7) is 1.30. The van der Waals surface area contributed by atoms with Crippen LogP contribution in [0.2, 0.25) is 10.0 Å². The van der Waals surface area contributed by atoms with E-state index in [2.05, 4.69) is 25.7 Å². The Kier molecular flexibility index (Phi) is 5.64. The first-order valence-electron chi connectivity index (χ1n) is 8.78. The van der Waals surface area contributed by atoms with Gasteiger partial charge < -0.3 is 15.1 Å². The van der Waals surface area contributed by atoms with Crippen LogP contribution in [-0.2, 0) is 13.1 Å². The number of carbonyl (C=O) groups is 1. The topological polar surface area (TPSA) is 97.9 Å². The van der Waals surface area contributed by atoms with Crippen LogP contribution in [0.15, 0.2) is 53.5 Å². The Hall–Kier alpha value is -3.10. The van der Waals surface area contributed by atoms with Crippen LogP contribution in [-0.4, -0.2) is 32.2 Å². The van der Waals surface area contributed by atoms with Gasteiger partial charge in [-0.2, -0.15) is 5.10 Å². The van der Waals surface area contributed by atoms with Crippen LogP contribution in [0.5, 0.6) is 0 Å². The van der Waals surface area contributed by atoms with Crippen molar-refractivity contribution >= 4 is 46.0 Å². The summed E-state index contributed by atoms with van der Waals surface area (Å²) in [5, 5.41) is 12.0. The van der Waals surface area contributed by atoms with Gasteiger partial charge in [-0.25, -0.2) is 14.6 Å². The largest absolute Gasteiger partial charge is 0.467 e. The normalized spacial score (nSPS) is 11.0. The summed E-state index contributed by atoms with van der Waals surface area (Å²) >= 11 is 11.9. The Balaban J connectivity index is 1.41. The zero-order valence-corrected chi connectivity index (χ0v) is 16.6. The summed E-state index contributed by atoms with van der Waals surface area (Å²) in [4.78, 5) is 20.9. The summed E-state index contributed by atoms with van der Waals surface area (Å²) in [5.41, 5.74) is 1.04. The molecular formula is C19H16Cl2N6O2. The maximum Gasteiger partial charge on any atom is 0.252 e. The molecule has 0 bridgehead atoms. The molecule has 8 nitrogen and oxygen atoms in total. The molecule has 0 radical (unpaired) electrons. The van der Waals surface area contributed by atoms with E-state index in [1.807, 2.05) is 12.1 Å². The molecule has 0 aliphatic rings. The van der Waals surface area contributed by atoms with Crippen LogP contribution in [0, 0.1) is 0 Å². The fourth-order valence-electron chi connectivity index (χ4n) is 2.83. The number of nitrogens with zero attached hydrogens (tertiary/aromatic N) is 4. The molecule has 0 unspecified atom stereocenters. The molecule has 148 valence electrons. The van der Waals surface area contributed by atoms with Crippen LogP contribution in [0.1, 0.15) is 16.1 Å². The van der Waals surface area contributed by atoms with E-state index in [-0.39, 0.29) is 5.91 Å². The van der Waals surface area contributed by atoms with Gasteiger partial charge in [-0.3, -0.25) is 4.79 Å². The molecule has 4 rings (SSSR count). The maximum atomic E-state index is 12.3. The number of benzene rings is 1. The second-order valence-electron chi connectivity index (χ2n) is 6.14. The van der Waals surface area contributed by atoms with Gasteiger partial charge in [0.1, 0.15) is 17.9 Å². The molecule has 0 aliphatic carbocycles. The standard InChI is InChI=1S/C19H16Cl2N6O2/c20-12-3-4-14(16(21)8-12)19(28)22-5-6-27-18-15(10-26-27)17(24-11-25-18)23-9-13-2-1-7-29-13/h1-4,7-8,10-11H,5-6,9H2,(H,22,28)(H,23,24,25). The van der Waals surface area contributed by atoms with E-state index < -0.39 is 0 Å². The molecule has 1 amide bonds. The fraction of sp³-hybridized carbons (Fsp3) is 0.158. The number of rotatable bonds is 7. The van der Waals surface area contributed by atoms with E-state index in [4.69, 9.17) is 27.6 Å². The number of nitrogens with one attached hydrogen (secondary N) is 2. The molecule has 0 atom stereocenters. The van der Waals surface area contributed by atoms with E-state index in [0.29, 0.717) is 46.7 Å². The summed E-state index contributed by atoms with van der Waals surface area (Å²) in [6.07, 6.45) is 4.78. The van der Waals surface area contributed by atoms with E-state index in [0.717, 1.165) is 11.1 Å². The van der Waals surface area contributed by atoms with Crippen LogP contribution < -0.4 is 10.6 Å². The minimum Gasteiger partial charge on any atom is -0.467 e. The van der Waals surface area contributed by atoms with Crippen molar-refractivity contribution < 1.29 is 9.21 Å². The lowest BCUT2D eigenvalue weighted by molar-refractivity contribution is 0.0952. The van der Waals surface area contributed by atoms with E-state index in [9.17, 15) is 4.79 Å². The van der Waals surface area contributed by atoms with Gasteiger partial charge in [0.2, 0.25) is 0 Å². The van der Waals surface area contributed by atoms with Gasteiger partial charge in [0.05, 0.1) is 41.5 Å². The number of furan rings is 1. The van der Waals surface area contributed by atoms with Crippen LogP contribution in [0.4, 0.5) is 5.82 Å². The number of hydrogen-bond acceptors (Lipinski definition) is 6. The Morgan fingerprint density at radius 3 is 2.90 bits per heavy atom. The maximum absolute atomic E-state index is 12.3. The highest BCUT2D eigenvalue weighted by molar-refractivity contribution is 6.36. The van der Waals surface area contributed by atoms with Crippen molar-refractivity contribution in [3.63, 3.8) is 0 Å². The van der Waals surface area contributed by atoms with Crippen LogP contribution in [0.25, 0.3) is 11.0 Å². The van der Waals surface area contributed by atoms with Crippen molar-refractivity contribution in [1.82, 2.24) is 25.1 Å². The van der Waals surface area contributed by atoms with Gasteiger partial charge in [-0.15, -0.1) is 0 Å². The lowest BCUT2D eigenvalue weighted by Crippen LogP contribution is -2.27. The minimum absolute atomic E-state index is 0.279. The predicted octanol–water partition coefficient (Wildman–Crippen LogP) is 3.77. The molecule has 3 heterocycles. The van der Waals surface area contributed by atoms with Gasteiger partial charge in [0, 0.05) is 11.6 Å². The van der Waals surface area contributed by atoms with Crippen molar-refractivity contribution in [2.24, 2.45) is 0 Å². The molecule has 0 fully saturated rings. The second kappa shape index (κ2) is 8.50. The molecule has 10 heteroatoms. The number of carbonyl (C=O) groups excluding carboxylic acids is 1. The molecule has 0 saturated carbocycles. The predicted molar refractivity (Wildman–Crippen MR) is 110 cm³/mol. The van der Waals surface area contributed by atoms with Gasteiger partial charge in [0.25, 0.3) is 5.91 Å². The highest BCUT2D eigenvalue weighted by atomic mass is 35.5. The second-order valence-corrected chi connectivity index (χ2v) is 6.98. The average Bonchev–Trinajstić information content (AvgIpc) is 3.36. The van der Waals surface area contributed by atoms with Crippen LogP contribution >= 0.6 is 23.2 Å². The number of halogens is 2. The number of anilines is 1. The van der Waals surface area contributed by atoms with Crippen LogP contribution in [0.3, 0.4) is 0 Å². The lowest BCUT2D eigenvalue weighted by Gasteiger charge is -2.08. The lowest BCUT2D eigenvalue weighted by atomic mass is 10.2. The summed E-state index contributed by atoms with van der Waals surface area (Å²) in [6, 6.07) is 8.46. The van der Waals surface area contributed by atoms with Crippen molar-refractivity contribution in [3.8, 4) is 0 Å². The molecule has 3 aromatic heterocycles. The molecule has 0 aliphatic heterocycles. The molecule has 0 saturated heterocycles. The summed E-state index contributed by atoms with van der Waals surface area (Å²) in [7, 11) is 0. The van der Waals surface area contributed by atoms with Crippen molar-refractivity contribution in [2.45, 2.75) is 13.1 Å². The number of fused-ring (bicyclic) bond motifs is 1. The zero-order chi connectivity index (χ0) is 20.2. The number of amides is 1. The van der Waals surface area contributed by atoms with E-state index in [1.54, 1.807) is 29.3 Å². The quantitative estimate of drug-likeness (QED) is 0.463. The third kappa shape index (κ3) is 4.33. The van der Waals surface area contributed by atoms with Gasteiger partial charge in [0.15, 0.2) is 5.65 Å². The third-order valence-corrected chi connectivity index (χ3v) is 4.78. The highest BCUT2D eigenvalue weighted by Gasteiger charge is 2.12. The van der Waals surface area contributed by atoms with E-state index in [1.165, 1.54) is 12.4 Å².